The van der Waals surface area contributed by atoms with E-state index in [0.29, 0.717) is 21.9 Å². The summed E-state index contributed by atoms with van der Waals surface area (Å²) in [7, 11) is 0. The van der Waals surface area contributed by atoms with Crippen molar-refractivity contribution in [3.63, 3.8) is 0 Å². The monoisotopic (exact) mass is 410 g/mol. The molecule has 5 nitrogen and oxygen atoms in total. The van der Waals surface area contributed by atoms with E-state index in [0.717, 1.165) is 5.56 Å². The van der Waals surface area contributed by atoms with Gasteiger partial charge in [-0.1, -0.05) is 54.1 Å². The quantitative estimate of drug-likeness (QED) is 0.419. The van der Waals surface area contributed by atoms with E-state index in [-0.39, 0.29) is 27.9 Å². The van der Waals surface area contributed by atoms with E-state index in [2.05, 4.69) is 0 Å². The average Bonchev–Trinajstić information content (AvgIpc) is 2.78. The van der Waals surface area contributed by atoms with E-state index in [1.807, 2.05) is 31.2 Å². The van der Waals surface area contributed by atoms with Crippen LogP contribution in [-0.2, 0) is 0 Å². The van der Waals surface area contributed by atoms with Gasteiger partial charge in [0.2, 0.25) is 0 Å². The number of para-hydroxylation sites is 2. The van der Waals surface area contributed by atoms with Gasteiger partial charge in [-0.05, 0) is 36.8 Å². The zero-order valence-corrected chi connectivity index (χ0v) is 16.7. The highest BCUT2D eigenvalue weighted by molar-refractivity contribution is 5.85. The Hall–Kier alpha value is -4.12. The lowest BCUT2D eigenvalue weighted by Gasteiger charge is -2.19. The molecule has 31 heavy (non-hydrogen) atoms. The van der Waals surface area contributed by atoms with Crippen molar-refractivity contribution < 1.29 is 13.9 Å². The Balaban J connectivity index is 1.88. The third-order valence-corrected chi connectivity index (χ3v) is 5.50. The first kappa shape index (κ1) is 18.9. The first-order valence-electron chi connectivity index (χ1n) is 9.86. The molecule has 0 spiro atoms. The number of hydrogen-bond acceptors (Lipinski definition) is 5. The highest BCUT2D eigenvalue weighted by Crippen LogP contribution is 2.37. The van der Waals surface area contributed by atoms with E-state index in [1.165, 1.54) is 6.26 Å². The topological polar surface area (TPSA) is 80.7 Å². The third-order valence-electron chi connectivity index (χ3n) is 5.50. The van der Waals surface area contributed by atoms with Crippen LogP contribution in [-0.4, -0.2) is 5.11 Å². The molecule has 0 saturated heterocycles. The Bertz CT molecular complexity index is 1560. The molecule has 0 aliphatic carbocycles. The van der Waals surface area contributed by atoms with Gasteiger partial charge in [-0.3, -0.25) is 4.79 Å². The van der Waals surface area contributed by atoms with Crippen molar-refractivity contribution >= 4 is 21.9 Å². The zero-order valence-electron chi connectivity index (χ0n) is 16.7. The Kier molecular flexibility index (Phi) is 4.44. The molecule has 0 amide bonds. The van der Waals surface area contributed by atoms with Gasteiger partial charge < -0.3 is 13.9 Å². The van der Waals surface area contributed by atoms with Crippen LogP contribution in [0.4, 0.5) is 0 Å². The number of benzene rings is 3. The fraction of sp³-hybridized carbons (Fsp3) is 0.0769. The van der Waals surface area contributed by atoms with Gasteiger partial charge in [-0.15, -0.1) is 0 Å². The lowest BCUT2D eigenvalue weighted by molar-refractivity contribution is 0.454. The summed E-state index contributed by atoms with van der Waals surface area (Å²) in [6.45, 7) is 1.92. The predicted octanol–water partition coefficient (Wildman–Crippen LogP) is 5.09. The second kappa shape index (κ2) is 7.29. The fourth-order valence-corrected chi connectivity index (χ4v) is 4.05. The minimum Gasteiger partial charge on any atom is -0.507 e. The normalized spacial score (nSPS) is 12.3. The SMILES string of the molecule is Cc1cccc(C(c2c(O)c3ccccc3oc2=O)c2coc3ccccc3c2=O)c1. The summed E-state index contributed by atoms with van der Waals surface area (Å²) in [5.41, 5.74) is 1.67. The van der Waals surface area contributed by atoms with Crippen LogP contribution >= 0.6 is 0 Å². The van der Waals surface area contributed by atoms with Crippen molar-refractivity contribution in [2.75, 3.05) is 0 Å². The van der Waals surface area contributed by atoms with Gasteiger partial charge in [-0.2, -0.15) is 0 Å². The van der Waals surface area contributed by atoms with Gasteiger partial charge in [-0.25, -0.2) is 4.79 Å². The maximum absolute atomic E-state index is 13.4. The molecule has 0 radical (unpaired) electrons. The van der Waals surface area contributed by atoms with Crippen LogP contribution in [0.3, 0.4) is 0 Å². The zero-order chi connectivity index (χ0) is 21.5. The standard InChI is InChI=1S/C26H18O5/c1-15-7-6-8-16(13-15)22(19-14-30-20-11-4-2-9-17(20)24(19)27)23-25(28)18-10-3-5-12-21(18)31-26(23)29/h2-14,22,28H,1H3. The van der Waals surface area contributed by atoms with Crippen molar-refractivity contribution in [2.45, 2.75) is 12.8 Å². The van der Waals surface area contributed by atoms with Crippen molar-refractivity contribution in [1.29, 1.82) is 0 Å². The molecular formula is C26H18O5. The van der Waals surface area contributed by atoms with Crippen molar-refractivity contribution in [3.05, 3.63) is 122 Å². The van der Waals surface area contributed by atoms with Crippen molar-refractivity contribution in [1.82, 2.24) is 0 Å². The summed E-state index contributed by atoms with van der Waals surface area (Å²) in [6.07, 6.45) is 1.37. The number of fused-ring (bicyclic) bond motifs is 2. The molecule has 2 aromatic heterocycles. The molecule has 1 atom stereocenters. The Morgan fingerprint density at radius 3 is 2.32 bits per heavy atom. The minimum atomic E-state index is -0.860. The maximum atomic E-state index is 13.4. The average molecular weight is 410 g/mol. The Labute approximate surface area is 176 Å². The van der Waals surface area contributed by atoms with Crippen molar-refractivity contribution in [2.24, 2.45) is 0 Å². The highest BCUT2D eigenvalue weighted by atomic mass is 16.4. The molecule has 5 rings (SSSR count). The molecule has 0 saturated carbocycles. The largest absolute Gasteiger partial charge is 0.507 e. The molecule has 2 heterocycles. The van der Waals surface area contributed by atoms with Gasteiger partial charge >= 0.3 is 5.63 Å². The van der Waals surface area contributed by atoms with Crippen LogP contribution in [0.5, 0.6) is 5.75 Å². The van der Waals surface area contributed by atoms with Crippen LogP contribution < -0.4 is 11.1 Å². The second-order valence-electron chi connectivity index (χ2n) is 7.51. The number of aryl methyl sites for hydroxylation is 1. The van der Waals surface area contributed by atoms with Gasteiger partial charge in [0.25, 0.3) is 0 Å². The number of hydrogen-bond donors (Lipinski definition) is 1. The van der Waals surface area contributed by atoms with Gasteiger partial charge in [0.15, 0.2) is 5.43 Å². The highest BCUT2D eigenvalue weighted by Gasteiger charge is 2.29. The first-order valence-corrected chi connectivity index (χ1v) is 9.86. The third kappa shape index (κ3) is 3.11. The molecule has 3 aromatic carbocycles. The molecule has 152 valence electrons. The van der Waals surface area contributed by atoms with Crippen LogP contribution in [0.15, 0.2) is 97.5 Å². The van der Waals surface area contributed by atoms with E-state index in [9.17, 15) is 14.7 Å². The molecule has 0 aliphatic rings. The van der Waals surface area contributed by atoms with E-state index < -0.39 is 11.5 Å². The van der Waals surface area contributed by atoms with Crippen LogP contribution in [0.25, 0.3) is 21.9 Å². The molecular weight excluding hydrogens is 392 g/mol. The second-order valence-corrected chi connectivity index (χ2v) is 7.51. The molecule has 1 N–H and O–H groups in total. The molecule has 0 bridgehead atoms. The van der Waals surface area contributed by atoms with Gasteiger partial charge in [0.1, 0.15) is 16.9 Å². The number of aromatic hydroxyl groups is 1. The minimum absolute atomic E-state index is 0.00637. The fourth-order valence-electron chi connectivity index (χ4n) is 4.05. The van der Waals surface area contributed by atoms with Gasteiger partial charge in [0, 0.05) is 5.56 Å². The van der Waals surface area contributed by atoms with E-state index in [1.54, 1.807) is 48.5 Å². The summed E-state index contributed by atoms with van der Waals surface area (Å²) in [5.74, 6) is -1.06. The summed E-state index contributed by atoms with van der Waals surface area (Å²) >= 11 is 0. The summed E-state index contributed by atoms with van der Waals surface area (Å²) < 4.78 is 11.2. The molecule has 0 aliphatic heterocycles. The Morgan fingerprint density at radius 1 is 0.839 bits per heavy atom. The van der Waals surface area contributed by atoms with E-state index in [4.69, 9.17) is 8.83 Å². The Morgan fingerprint density at radius 2 is 1.55 bits per heavy atom. The first-order chi connectivity index (χ1) is 15.0. The van der Waals surface area contributed by atoms with Crippen LogP contribution in [0.1, 0.15) is 28.2 Å². The molecule has 5 heteroatoms. The lowest BCUT2D eigenvalue weighted by Crippen LogP contribution is -2.21. The number of rotatable bonds is 3. The van der Waals surface area contributed by atoms with E-state index >= 15 is 0 Å². The molecule has 1 unspecified atom stereocenters. The molecule has 0 fully saturated rings. The maximum Gasteiger partial charge on any atom is 0.344 e. The summed E-state index contributed by atoms with van der Waals surface area (Å²) in [6, 6.07) is 21.2. The lowest BCUT2D eigenvalue weighted by atomic mass is 9.84. The van der Waals surface area contributed by atoms with Crippen LogP contribution in [0, 0.1) is 6.92 Å². The smallest absolute Gasteiger partial charge is 0.344 e. The summed E-state index contributed by atoms with van der Waals surface area (Å²) in [5, 5.41) is 11.9. The van der Waals surface area contributed by atoms with Gasteiger partial charge in [0.05, 0.1) is 28.5 Å². The van der Waals surface area contributed by atoms with Crippen molar-refractivity contribution in [3.8, 4) is 5.75 Å². The summed E-state index contributed by atoms with van der Waals surface area (Å²) in [4.78, 5) is 26.5. The molecule has 5 aromatic rings. The predicted molar refractivity (Wildman–Crippen MR) is 119 cm³/mol. The van der Waals surface area contributed by atoms with Crippen LogP contribution in [0.2, 0.25) is 0 Å².